The first-order valence-corrected chi connectivity index (χ1v) is 10.7. The molecule has 29 heavy (non-hydrogen) atoms. The Bertz CT molecular complexity index is 767. The van der Waals surface area contributed by atoms with Crippen molar-refractivity contribution in [2.45, 2.75) is 39.3 Å². The van der Waals surface area contributed by atoms with Crippen LogP contribution in [0.15, 0.2) is 29.3 Å². The first-order valence-electron chi connectivity index (χ1n) is 9.86. The van der Waals surface area contributed by atoms with Crippen molar-refractivity contribution < 1.29 is 4.74 Å². The van der Waals surface area contributed by atoms with Gasteiger partial charge in [0.05, 0.1) is 25.4 Å². The molecule has 0 bridgehead atoms. The van der Waals surface area contributed by atoms with Crippen LogP contribution in [0.4, 0.5) is 0 Å². The number of ether oxygens (including phenoxy) is 1. The van der Waals surface area contributed by atoms with Crippen molar-refractivity contribution >= 4 is 41.3 Å². The minimum absolute atomic E-state index is 0. The standard InChI is InChI=1S/C21H31N5OS.HI/c1-15-16(2)28-20(25-15)14-24-21(22-3)23-13-19(26-11-5-6-12-26)17-7-9-18(27-4)10-8-17;/h7-10,19H,5-6,11-14H2,1-4H3,(H2,22,23,24);1H. The highest BCUT2D eigenvalue weighted by molar-refractivity contribution is 14.0. The lowest BCUT2D eigenvalue weighted by atomic mass is 10.1. The number of halogens is 1. The molecule has 1 aromatic carbocycles. The molecule has 0 radical (unpaired) electrons. The number of methoxy groups -OCH3 is 1. The Labute approximate surface area is 195 Å². The highest BCUT2D eigenvalue weighted by atomic mass is 127. The molecule has 2 heterocycles. The minimum atomic E-state index is 0. The molecule has 0 saturated carbocycles. The molecule has 0 spiro atoms. The summed E-state index contributed by atoms with van der Waals surface area (Å²) in [5.41, 5.74) is 2.41. The van der Waals surface area contributed by atoms with E-state index in [4.69, 9.17) is 4.74 Å². The number of aliphatic imine (C=N–C) groups is 1. The summed E-state index contributed by atoms with van der Waals surface area (Å²) >= 11 is 1.74. The van der Waals surface area contributed by atoms with Gasteiger partial charge in [-0.1, -0.05) is 12.1 Å². The van der Waals surface area contributed by atoms with Crippen LogP contribution in [0, 0.1) is 13.8 Å². The number of aromatic nitrogens is 1. The lowest BCUT2D eigenvalue weighted by Gasteiger charge is -2.29. The zero-order valence-electron chi connectivity index (χ0n) is 17.7. The van der Waals surface area contributed by atoms with E-state index < -0.39 is 0 Å². The number of aryl methyl sites for hydroxylation is 2. The number of hydrogen-bond donors (Lipinski definition) is 2. The predicted octanol–water partition coefficient (Wildman–Crippen LogP) is 3.89. The van der Waals surface area contributed by atoms with Crippen LogP contribution in [0.2, 0.25) is 0 Å². The van der Waals surface area contributed by atoms with Crippen molar-refractivity contribution in [3.8, 4) is 5.75 Å². The summed E-state index contributed by atoms with van der Waals surface area (Å²) in [5.74, 6) is 1.70. The molecule has 3 rings (SSSR count). The summed E-state index contributed by atoms with van der Waals surface area (Å²) in [6, 6.07) is 8.73. The minimum Gasteiger partial charge on any atom is -0.497 e. The Hall–Kier alpha value is -1.39. The van der Waals surface area contributed by atoms with Gasteiger partial charge in [0.25, 0.3) is 0 Å². The van der Waals surface area contributed by atoms with Gasteiger partial charge in [0, 0.05) is 18.5 Å². The van der Waals surface area contributed by atoms with E-state index in [1.807, 2.05) is 19.2 Å². The second-order valence-electron chi connectivity index (χ2n) is 7.09. The monoisotopic (exact) mass is 529 g/mol. The van der Waals surface area contributed by atoms with Crippen molar-refractivity contribution in [2.24, 2.45) is 4.99 Å². The SMILES string of the molecule is CN=C(NCc1nc(C)c(C)s1)NCC(c1ccc(OC)cc1)N1CCCC1.I. The molecule has 1 unspecified atom stereocenters. The Morgan fingerprint density at radius 2 is 1.90 bits per heavy atom. The lowest BCUT2D eigenvalue weighted by Crippen LogP contribution is -2.42. The van der Waals surface area contributed by atoms with Crippen LogP contribution >= 0.6 is 35.3 Å². The first kappa shape index (κ1) is 23.9. The average molecular weight is 529 g/mol. The molecule has 1 aliphatic rings. The van der Waals surface area contributed by atoms with Gasteiger partial charge in [0.15, 0.2) is 5.96 Å². The van der Waals surface area contributed by atoms with Crippen molar-refractivity contribution in [1.82, 2.24) is 20.5 Å². The Morgan fingerprint density at radius 1 is 1.21 bits per heavy atom. The molecule has 160 valence electrons. The molecule has 1 aromatic heterocycles. The Kier molecular flexibility index (Phi) is 9.64. The summed E-state index contributed by atoms with van der Waals surface area (Å²) in [5, 5.41) is 7.99. The summed E-state index contributed by atoms with van der Waals surface area (Å²) in [4.78, 5) is 12.8. The molecule has 1 aliphatic heterocycles. The van der Waals surface area contributed by atoms with Crippen LogP contribution in [0.1, 0.15) is 40.0 Å². The fourth-order valence-corrected chi connectivity index (χ4v) is 4.40. The Balaban J connectivity index is 0.00000300. The summed E-state index contributed by atoms with van der Waals surface area (Å²) in [6.45, 7) is 7.94. The van der Waals surface area contributed by atoms with E-state index in [-0.39, 0.29) is 24.0 Å². The van der Waals surface area contributed by atoms with Gasteiger partial charge in [-0.3, -0.25) is 9.89 Å². The number of guanidine groups is 1. The van der Waals surface area contributed by atoms with Gasteiger partial charge in [-0.25, -0.2) is 4.98 Å². The zero-order valence-corrected chi connectivity index (χ0v) is 20.8. The summed E-state index contributed by atoms with van der Waals surface area (Å²) < 4.78 is 5.31. The molecule has 8 heteroatoms. The lowest BCUT2D eigenvalue weighted by molar-refractivity contribution is 0.245. The van der Waals surface area contributed by atoms with Crippen molar-refractivity contribution in [3.05, 3.63) is 45.4 Å². The second-order valence-corrected chi connectivity index (χ2v) is 8.38. The third kappa shape index (κ3) is 6.55. The summed E-state index contributed by atoms with van der Waals surface area (Å²) in [7, 11) is 3.52. The van der Waals surface area contributed by atoms with E-state index in [9.17, 15) is 0 Å². The van der Waals surface area contributed by atoms with Crippen LogP contribution in [0.5, 0.6) is 5.75 Å². The van der Waals surface area contributed by atoms with E-state index in [2.05, 4.69) is 51.5 Å². The molecular formula is C21H32IN5OS. The quantitative estimate of drug-likeness (QED) is 0.324. The molecule has 1 fully saturated rings. The first-order chi connectivity index (χ1) is 13.6. The van der Waals surface area contributed by atoms with Gasteiger partial charge in [0.2, 0.25) is 0 Å². The van der Waals surface area contributed by atoms with Crippen LogP contribution < -0.4 is 15.4 Å². The van der Waals surface area contributed by atoms with Crippen LogP contribution in [0.25, 0.3) is 0 Å². The van der Waals surface area contributed by atoms with Gasteiger partial charge in [-0.05, 0) is 57.5 Å². The van der Waals surface area contributed by atoms with E-state index in [1.165, 1.54) is 23.3 Å². The topological polar surface area (TPSA) is 61.8 Å². The van der Waals surface area contributed by atoms with E-state index >= 15 is 0 Å². The molecule has 1 atom stereocenters. The highest BCUT2D eigenvalue weighted by Gasteiger charge is 2.23. The number of nitrogens with zero attached hydrogens (tertiary/aromatic N) is 3. The van der Waals surface area contributed by atoms with Gasteiger partial charge in [-0.2, -0.15) is 0 Å². The normalized spacial score (nSPS) is 15.7. The van der Waals surface area contributed by atoms with Crippen molar-refractivity contribution in [1.29, 1.82) is 0 Å². The van der Waals surface area contributed by atoms with E-state index in [1.54, 1.807) is 18.4 Å². The molecule has 0 amide bonds. The number of hydrogen-bond acceptors (Lipinski definition) is 5. The number of likely N-dealkylation sites (tertiary alicyclic amines) is 1. The average Bonchev–Trinajstić information content (AvgIpc) is 3.35. The smallest absolute Gasteiger partial charge is 0.191 e. The van der Waals surface area contributed by atoms with Gasteiger partial charge in [0.1, 0.15) is 10.8 Å². The molecule has 0 aliphatic carbocycles. The fourth-order valence-electron chi connectivity index (χ4n) is 3.53. The van der Waals surface area contributed by atoms with Crippen molar-refractivity contribution in [2.75, 3.05) is 33.8 Å². The number of rotatable bonds is 7. The number of thiazole rings is 1. The molecule has 1 saturated heterocycles. The molecule has 2 N–H and O–H groups in total. The molecular weight excluding hydrogens is 497 g/mol. The van der Waals surface area contributed by atoms with Crippen LogP contribution in [0.3, 0.4) is 0 Å². The largest absolute Gasteiger partial charge is 0.497 e. The maximum absolute atomic E-state index is 5.31. The molecule has 2 aromatic rings. The maximum atomic E-state index is 5.31. The van der Waals surface area contributed by atoms with E-state index in [0.29, 0.717) is 12.6 Å². The third-order valence-corrected chi connectivity index (χ3v) is 6.32. The maximum Gasteiger partial charge on any atom is 0.191 e. The highest BCUT2D eigenvalue weighted by Crippen LogP contribution is 2.26. The van der Waals surface area contributed by atoms with E-state index in [0.717, 1.165) is 42.0 Å². The van der Waals surface area contributed by atoms with Gasteiger partial charge in [-0.15, -0.1) is 35.3 Å². The Morgan fingerprint density at radius 3 is 2.45 bits per heavy atom. The molecule has 6 nitrogen and oxygen atoms in total. The van der Waals surface area contributed by atoms with Gasteiger partial charge < -0.3 is 15.4 Å². The summed E-state index contributed by atoms with van der Waals surface area (Å²) in [6.07, 6.45) is 2.53. The predicted molar refractivity (Wildman–Crippen MR) is 132 cm³/mol. The number of benzene rings is 1. The van der Waals surface area contributed by atoms with Crippen LogP contribution in [-0.2, 0) is 6.54 Å². The van der Waals surface area contributed by atoms with Gasteiger partial charge >= 0.3 is 0 Å². The second kappa shape index (κ2) is 11.7. The van der Waals surface area contributed by atoms with Crippen molar-refractivity contribution in [3.63, 3.8) is 0 Å². The number of nitrogens with one attached hydrogen (secondary N) is 2. The zero-order chi connectivity index (χ0) is 19.9. The van der Waals surface area contributed by atoms with Crippen LogP contribution in [-0.4, -0.2) is 49.6 Å². The fraction of sp³-hybridized carbons (Fsp3) is 0.524. The third-order valence-electron chi connectivity index (χ3n) is 5.25.